The van der Waals surface area contributed by atoms with Gasteiger partial charge in [0.25, 0.3) is 0 Å². The molecule has 1 aromatic heterocycles. The van der Waals surface area contributed by atoms with Crippen molar-refractivity contribution >= 4 is 44.0 Å². The minimum Gasteiger partial charge on any atom is -0.497 e. The van der Waals surface area contributed by atoms with Crippen LogP contribution in [0.15, 0.2) is 53.4 Å². The summed E-state index contributed by atoms with van der Waals surface area (Å²) in [7, 11) is -2.43. The summed E-state index contributed by atoms with van der Waals surface area (Å²) >= 11 is 1.18. The van der Waals surface area contributed by atoms with Gasteiger partial charge in [0, 0.05) is 18.2 Å². The van der Waals surface area contributed by atoms with Gasteiger partial charge in [-0.05, 0) is 54.4 Å². The molecule has 3 N–H and O–H groups in total. The van der Waals surface area contributed by atoms with Gasteiger partial charge in [-0.25, -0.2) is 8.42 Å². The summed E-state index contributed by atoms with van der Waals surface area (Å²) in [6, 6.07) is 11.9. The van der Waals surface area contributed by atoms with Gasteiger partial charge in [0.05, 0.1) is 12.0 Å². The van der Waals surface area contributed by atoms with Crippen LogP contribution in [-0.2, 0) is 19.6 Å². The highest BCUT2D eigenvalue weighted by molar-refractivity contribution is 7.89. The quantitative estimate of drug-likeness (QED) is 0.374. The molecule has 10 nitrogen and oxygen atoms in total. The smallest absolute Gasteiger partial charge is 0.244 e. The number of methoxy groups -OCH3 is 1. The van der Waals surface area contributed by atoms with E-state index in [2.05, 4.69) is 25.6 Å². The van der Waals surface area contributed by atoms with Gasteiger partial charge in [0.1, 0.15) is 16.8 Å². The van der Waals surface area contributed by atoms with Gasteiger partial charge in [-0.15, -0.1) is 10.2 Å². The second-order valence-corrected chi connectivity index (χ2v) is 10.5. The molecular weight excluding hydrogens is 490 g/mol. The summed E-state index contributed by atoms with van der Waals surface area (Å²) in [5.74, 6) is -0.382. The molecule has 0 spiro atoms. The highest BCUT2D eigenvalue weighted by Crippen LogP contribution is 2.28. The highest BCUT2D eigenvalue weighted by atomic mass is 32.2. The van der Waals surface area contributed by atoms with Crippen LogP contribution in [0, 0.1) is 5.92 Å². The predicted molar refractivity (Wildman–Crippen MR) is 135 cm³/mol. The molecule has 186 valence electrons. The number of sulfonamides is 1. The van der Waals surface area contributed by atoms with E-state index in [1.807, 2.05) is 19.1 Å². The van der Waals surface area contributed by atoms with Crippen LogP contribution in [0.3, 0.4) is 0 Å². The van der Waals surface area contributed by atoms with E-state index in [4.69, 9.17) is 4.74 Å². The van der Waals surface area contributed by atoms with Crippen molar-refractivity contribution in [2.45, 2.75) is 38.1 Å². The number of aromatic nitrogens is 2. The Morgan fingerprint density at radius 2 is 1.69 bits per heavy atom. The monoisotopic (exact) mass is 517 g/mol. The Labute approximate surface area is 208 Å². The molecule has 2 unspecified atom stereocenters. The molecule has 0 saturated carbocycles. The first-order valence-corrected chi connectivity index (χ1v) is 13.1. The molecule has 0 fully saturated rings. The molecule has 0 saturated heterocycles. The predicted octanol–water partition coefficient (Wildman–Crippen LogP) is 3.50. The van der Waals surface area contributed by atoms with E-state index >= 15 is 0 Å². The lowest BCUT2D eigenvalue weighted by atomic mass is 9.99. The fourth-order valence-electron chi connectivity index (χ4n) is 3.13. The number of benzene rings is 2. The summed E-state index contributed by atoms with van der Waals surface area (Å²) in [6.07, 6.45) is 0.565. The second-order valence-electron chi connectivity index (χ2n) is 7.82. The SMILES string of the molecule is CCC(C)C(NS(=O)(=O)c1ccc(NC(C)=O)cc1)C(=O)Nc1nnc(-c2ccc(OC)cc2)s1. The van der Waals surface area contributed by atoms with Gasteiger partial charge >= 0.3 is 0 Å². The molecule has 0 radical (unpaired) electrons. The van der Waals surface area contributed by atoms with E-state index in [1.54, 1.807) is 26.2 Å². The first-order chi connectivity index (χ1) is 16.6. The van der Waals surface area contributed by atoms with Crippen LogP contribution in [0.5, 0.6) is 5.75 Å². The number of hydrogen-bond donors (Lipinski definition) is 3. The number of carbonyl (C=O) groups excluding carboxylic acids is 2. The van der Waals surface area contributed by atoms with Gasteiger partial charge in [-0.2, -0.15) is 4.72 Å². The first kappa shape index (κ1) is 26.3. The molecule has 0 aliphatic carbocycles. The van der Waals surface area contributed by atoms with Crippen molar-refractivity contribution in [1.29, 1.82) is 0 Å². The van der Waals surface area contributed by atoms with E-state index in [0.717, 1.165) is 5.56 Å². The third-order valence-electron chi connectivity index (χ3n) is 5.25. The third kappa shape index (κ3) is 6.84. The minimum atomic E-state index is -4.01. The normalized spacial score (nSPS) is 13.0. The zero-order valence-electron chi connectivity index (χ0n) is 19.7. The molecule has 0 aliphatic heterocycles. The molecule has 2 aromatic carbocycles. The van der Waals surface area contributed by atoms with Crippen LogP contribution in [0.2, 0.25) is 0 Å². The van der Waals surface area contributed by atoms with Crippen LogP contribution in [0.4, 0.5) is 10.8 Å². The van der Waals surface area contributed by atoms with Crippen molar-refractivity contribution in [1.82, 2.24) is 14.9 Å². The standard InChI is InChI=1S/C23H27N5O5S2/c1-5-14(2)20(28-35(31,32)19-12-8-17(9-13-19)24-15(3)29)21(30)25-23-27-26-22(34-23)16-6-10-18(33-4)11-7-16/h6-14,20,28H,5H2,1-4H3,(H,24,29)(H,25,27,30). The number of anilines is 2. The maximum Gasteiger partial charge on any atom is 0.244 e. The molecule has 3 rings (SSSR count). The second kappa shape index (κ2) is 11.4. The summed E-state index contributed by atoms with van der Waals surface area (Å²) in [5.41, 5.74) is 1.28. The average molecular weight is 518 g/mol. The summed E-state index contributed by atoms with van der Waals surface area (Å²) in [5, 5.41) is 14.3. The number of rotatable bonds is 10. The maximum atomic E-state index is 13.1. The number of ether oxygens (including phenoxy) is 1. The molecular formula is C23H27N5O5S2. The third-order valence-corrected chi connectivity index (χ3v) is 7.60. The summed E-state index contributed by atoms with van der Waals surface area (Å²) < 4.78 is 33.6. The Bertz CT molecular complexity index is 1270. The van der Waals surface area contributed by atoms with Crippen molar-refractivity contribution in [3.8, 4) is 16.3 Å². The van der Waals surface area contributed by atoms with E-state index in [1.165, 1.54) is 42.5 Å². The minimum absolute atomic E-state index is 0.0228. The average Bonchev–Trinajstić information content (AvgIpc) is 3.30. The van der Waals surface area contributed by atoms with Crippen molar-refractivity contribution in [3.05, 3.63) is 48.5 Å². The number of nitrogens with one attached hydrogen (secondary N) is 3. The number of carbonyl (C=O) groups is 2. The number of amides is 2. The lowest BCUT2D eigenvalue weighted by molar-refractivity contribution is -0.118. The van der Waals surface area contributed by atoms with E-state index in [0.29, 0.717) is 22.9 Å². The van der Waals surface area contributed by atoms with Crippen molar-refractivity contribution in [2.24, 2.45) is 5.92 Å². The molecule has 0 aliphatic rings. The van der Waals surface area contributed by atoms with Gasteiger partial charge in [0.2, 0.25) is 27.0 Å². The summed E-state index contributed by atoms with van der Waals surface area (Å²) in [4.78, 5) is 24.2. The topological polar surface area (TPSA) is 139 Å². The zero-order valence-corrected chi connectivity index (χ0v) is 21.4. The Balaban J connectivity index is 1.75. The van der Waals surface area contributed by atoms with Gasteiger partial charge in [-0.3, -0.25) is 14.9 Å². The van der Waals surface area contributed by atoms with Gasteiger partial charge < -0.3 is 10.1 Å². The number of nitrogens with zero attached hydrogens (tertiary/aromatic N) is 2. The van der Waals surface area contributed by atoms with Crippen LogP contribution in [-0.4, -0.2) is 43.6 Å². The molecule has 35 heavy (non-hydrogen) atoms. The first-order valence-electron chi connectivity index (χ1n) is 10.8. The number of hydrogen-bond acceptors (Lipinski definition) is 8. The Morgan fingerprint density at radius 3 is 2.26 bits per heavy atom. The molecule has 0 bridgehead atoms. The Hall–Kier alpha value is -3.35. The highest BCUT2D eigenvalue weighted by Gasteiger charge is 2.30. The van der Waals surface area contributed by atoms with Gasteiger partial charge in [-0.1, -0.05) is 31.6 Å². The summed E-state index contributed by atoms with van der Waals surface area (Å²) in [6.45, 7) is 5.02. The molecule has 12 heteroatoms. The Kier molecular flexibility index (Phi) is 8.54. The largest absolute Gasteiger partial charge is 0.497 e. The molecule has 1 heterocycles. The van der Waals surface area contributed by atoms with Crippen molar-refractivity contribution in [2.75, 3.05) is 17.7 Å². The van der Waals surface area contributed by atoms with E-state index < -0.39 is 22.0 Å². The zero-order chi connectivity index (χ0) is 25.6. The fourth-order valence-corrected chi connectivity index (χ4v) is 5.18. The van der Waals surface area contributed by atoms with E-state index in [-0.39, 0.29) is 21.9 Å². The van der Waals surface area contributed by atoms with Crippen LogP contribution in [0.25, 0.3) is 10.6 Å². The van der Waals surface area contributed by atoms with Crippen LogP contribution in [0.1, 0.15) is 27.2 Å². The molecule has 2 atom stereocenters. The van der Waals surface area contributed by atoms with Crippen LogP contribution >= 0.6 is 11.3 Å². The van der Waals surface area contributed by atoms with Crippen molar-refractivity contribution in [3.63, 3.8) is 0 Å². The fraction of sp³-hybridized carbons (Fsp3) is 0.304. The van der Waals surface area contributed by atoms with Crippen LogP contribution < -0.4 is 20.1 Å². The Morgan fingerprint density at radius 1 is 1.03 bits per heavy atom. The lowest BCUT2D eigenvalue weighted by Crippen LogP contribution is -2.47. The van der Waals surface area contributed by atoms with E-state index in [9.17, 15) is 18.0 Å². The molecule has 2 amide bonds. The lowest BCUT2D eigenvalue weighted by Gasteiger charge is -2.23. The van der Waals surface area contributed by atoms with Crippen molar-refractivity contribution < 1.29 is 22.7 Å². The molecule has 3 aromatic rings. The maximum absolute atomic E-state index is 13.1. The van der Waals surface area contributed by atoms with Gasteiger partial charge in [0.15, 0.2) is 0 Å².